The molecule has 0 bridgehead atoms. The summed E-state index contributed by atoms with van der Waals surface area (Å²) >= 11 is 5.82. The summed E-state index contributed by atoms with van der Waals surface area (Å²) in [6.45, 7) is 2.64. The van der Waals surface area contributed by atoms with Crippen LogP contribution in [0.3, 0.4) is 0 Å². The molecule has 1 heterocycles. The molecule has 1 aliphatic heterocycles. The Morgan fingerprint density at radius 2 is 1.54 bits per heavy atom. The summed E-state index contributed by atoms with van der Waals surface area (Å²) < 4.78 is 26.8. The molecule has 0 aromatic heterocycles. The van der Waals surface area contributed by atoms with Gasteiger partial charge in [0.05, 0.1) is 9.82 Å². The number of piperazine rings is 1. The summed E-state index contributed by atoms with van der Waals surface area (Å²) in [4.78, 5) is 12.6. The van der Waals surface area contributed by atoms with E-state index in [2.05, 4.69) is 4.90 Å². The molecule has 3 rings (SSSR count). The maximum absolute atomic E-state index is 12.7. The van der Waals surface area contributed by atoms with Crippen molar-refractivity contribution < 1.29 is 13.3 Å². The van der Waals surface area contributed by atoms with E-state index in [0.29, 0.717) is 37.7 Å². The molecule has 0 spiro atoms. The smallest absolute Gasteiger partial charge is 0.269 e. The van der Waals surface area contributed by atoms with E-state index in [4.69, 9.17) is 11.6 Å². The van der Waals surface area contributed by atoms with Crippen molar-refractivity contribution >= 4 is 27.3 Å². The first-order valence-electron chi connectivity index (χ1n) is 8.08. The second kappa shape index (κ2) is 7.71. The van der Waals surface area contributed by atoms with E-state index in [-0.39, 0.29) is 10.6 Å². The van der Waals surface area contributed by atoms with Crippen LogP contribution in [0.4, 0.5) is 5.69 Å². The fraction of sp³-hybridized carbons (Fsp3) is 0.294. The highest BCUT2D eigenvalue weighted by atomic mass is 35.5. The highest BCUT2D eigenvalue weighted by Crippen LogP contribution is 2.21. The average molecular weight is 396 g/mol. The Labute approximate surface area is 157 Å². The van der Waals surface area contributed by atoms with Gasteiger partial charge >= 0.3 is 0 Å². The van der Waals surface area contributed by atoms with Crippen molar-refractivity contribution in [2.24, 2.45) is 0 Å². The van der Waals surface area contributed by atoms with Gasteiger partial charge < -0.3 is 0 Å². The number of sulfonamides is 1. The zero-order valence-electron chi connectivity index (χ0n) is 13.9. The number of hydrogen-bond donors (Lipinski definition) is 0. The van der Waals surface area contributed by atoms with E-state index in [1.165, 1.54) is 28.6 Å². The van der Waals surface area contributed by atoms with Crippen LogP contribution in [0.25, 0.3) is 0 Å². The first-order chi connectivity index (χ1) is 12.4. The summed E-state index contributed by atoms with van der Waals surface area (Å²) in [6, 6.07) is 12.6. The van der Waals surface area contributed by atoms with Crippen molar-refractivity contribution in [1.82, 2.24) is 9.21 Å². The first kappa shape index (κ1) is 18.8. The van der Waals surface area contributed by atoms with Crippen LogP contribution in [-0.4, -0.2) is 48.7 Å². The summed E-state index contributed by atoms with van der Waals surface area (Å²) in [5, 5.41) is 11.2. The lowest BCUT2D eigenvalue weighted by atomic mass is 10.2. The van der Waals surface area contributed by atoms with Gasteiger partial charge in [-0.15, -0.1) is 0 Å². The molecule has 1 saturated heterocycles. The van der Waals surface area contributed by atoms with Crippen LogP contribution in [0.2, 0.25) is 5.02 Å². The van der Waals surface area contributed by atoms with E-state index in [1.807, 2.05) is 0 Å². The first-order valence-corrected chi connectivity index (χ1v) is 9.89. The predicted molar refractivity (Wildman–Crippen MR) is 98.6 cm³/mol. The number of nitro benzene ring substituents is 1. The van der Waals surface area contributed by atoms with Gasteiger partial charge in [-0.25, -0.2) is 8.42 Å². The molecule has 2 aromatic rings. The number of non-ortho nitro benzene ring substituents is 1. The molecule has 138 valence electrons. The molecular formula is C17H18ClN3O4S. The maximum Gasteiger partial charge on any atom is 0.269 e. The third-order valence-corrected chi connectivity index (χ3v) is 6.50. The van der Waals surface area contributed by atoms with Crippen molar-refractivity contribution in [3.05, 3.63) is 69.2 Å². The zero-order chi connectivity index (χ0) is 18.7. The summed E-state index contributed by atoms with van der Waals surface area (Å²) in [5.41, 5.74) is 1.03. The van der Waals surface area contributed by atoms with Gasteiger partial charge in [0.15, 0.2) is 0 Å². The Bertz CT molecular complexity index is 877. The van der Waals surface area contributed by atoms with Gasteiger partial charge in [-0.3, -0.25) is 15.0 Å². The number of halogens is 1. The second-order valence-corrected chi connectivity index (χ2v) is 8.43. The van der Waals surface area contributed by atoms with Crippen molar-refractivity contribution in [2.45, 2.75) is 11.4 Å². The van der Waals surface area contributed by atoms with Gasteiger partial charge in [-0.2, -0.15) is 4.31 Å². The molecule has 7 nitrogen and oxygen atoms in total. The Balaban J connectivity index is 1.60. The average Bonchev–Trinajstić information content (AvgIpc) is 2.63. The highest BCUT2D eigenvalue weighted by Gasteiger charge is 2.28. The molecule has 1 aliphatic rings. The Kier molecular flexibility index (Phi) is 5.57. The fourth-order valence-corrected chi connectivity index (χ4v) is 4.41. The minimum absolute atomic E-state index is 0.0626. The minimum Gasteiger partial charge on any atom is -0.296 e. The SMILES string of the molecule is O=[N+]([O-])c1ccc(CN2CCN(S(=O)(=O)c3ccc(Cl)cc3)CC2)cc1. The number of nitrogens with zero attached hydrogens (tertiary/aromatic N) is 3. The third-order valence-electron chi connectivity index (χ3n) is 4.34. The van der Waals surface area contributed by atoms with Crippen molar-refractivity contribution in [3.63, 3.8) is 0 Å². The number of hydrogen-bond acceptors (Lipinski definition) is 5. The van der Waals surface area contributed by atoms with Gasteiger partial charge in [0.1, 0.15) is 0 Å². The van der Waals surface area contributed by atoms with Crippen LogP contribution >= 0.6 is 11.6 Å². The standard InChI is InChI=1S/C17H18ClN3O4S/c18-15-3-7-17(8-4-15)26(24,25)20-11-9-19(10-12-20)13-14-1-5-16(6-2-14)21(22)23/h1-8H,9-13H2. The summed E-state index contributed by atoms with van der Waals surface area (Å²) in [6.07, 6.45) is 0. The number of rotatable bonds is 5. The Hall–Kier alpha value is -2.00. The Morgan fingerprint density at radius 3 is 2.08 bits per heavy atom. The minimum atomic E-state index is -3.52. The molecule has 0 radical (unpaired) electrons. The molecule has 0 atom stereocenters. The molecule has 2 aromatic carbocycles. The monoisotopic (exact) mass is 395 g/mol. The second-order valence-electron chi connectivity index (χ2n) is 6.06. The predicted octanol–water partition coefficient (Wildman–Crippen LogP) is 2.75. The zero-order valence-corrected chi connectivity index (χ0v) is 15.5. The van der Waals surface area contributed by atoms with Crippen LogP contribution in [0.15, 0.2) is 53.4 Å². The van der Waals surface area contributed by atoms with Crippen LogP contribution in [0.5, 0.6) is 0 Å². The van der Waals surface area contributed by atoms with E-state index in [9.17, 15) is 18.5 Å². The van der Waals surface area contributed by atoms with Gasteiger partial charge in [0.25, 0.3) is 5.69 Å². The highest BCUT2D eigenvalue weighted by molar-refractivity contribution is 7.89. The largest absolute Gasteiger partial charge is 0.296 e. The lowest BCUT2D eigenvalue weighted by molar-refractivity contribution is -0.384. The van der Waals surface area contributed by atoms with Crippen molar-refractivity contribution in [1.29, 1.82) is 0 Å². The van der Waals surface area contributed by atoms with E-state index < -0.39 is 14.9 Å². The summed E-state index contributed by atoms with van der Waals surface area (Å²) in [5.74, 6) is 0. The normalized spacial score (nSPS) is 16.5. The lowest BCUT2D eigenvalue weighted by Crippen LogP contribution is -2.48. The molecule has 1 fully saturated rings. The van der Waals surface area contributed by atoms with Crippen LogP contribution < -0.4 is 0 Å². The molecule has 26 heavy (non-hydrogen) atoms. The topological polar surface area (TPSA) is 83.8 Å². The van der Waals surface area contributed by atoms with E-state index >= 15 is 0 Å². The number of nitro groups is 1. The van der Waals surface area contributed by atoms with Gasteiger partial charge in [-0.05, 0) is 29.8 Å². The molecule has 0 N–H and O–H groups in total. The van der Waals surface area contributed by atoms with E-state index in [1.54, 1.807) is 24.3 Å². The third kappa shape index (κ3) is 4.21. The summed E-state index contributed by atoms with van der Waals surface area (Å²) in [7, 11) is -3.52. The number of benzene rings is 2. The molecule has 0 unspecified atom stereocenters. The van der Waals surface area contributed by atoms with Gasteiger partial charge in [0, 0.05) is 49.9 Å². The molecule has 0 saturated carbocycles. The molecular weight excluding hydrogens is 378 g/mol. The lowest BCUT2D eigenvalue weighted by Gasteiger charge is -2.34. The fourth-order valence-electron chi connectivity index (χ4n) is 2.86. The van der Waals surface area contributed by atoms with Gasteiger partial charge in [0.2, 0.25) is 10.0 Å². The van der Waals surface area contributed by atoms with Crippen LogP contribution in [0.1, 0.15) is 5.56 Å². The van der Waals surface area contributed by atoms with Gasteiger partial charge in [-0.1, -0.05) is 23.7 Å². The molecule has 0 aliphatic carbocycles. The van der Waals surface area contributed by atoms with E-state index in [0.717, 1.165) is 5.56 Å². The van der Waals surface area contributed by atoms with Crippen molar-refractivity contribution in [2.75, 3.05) is 26.2 Å². The maximum atomic E-state index is 12.7. The Morgan fingerprint density at radius 1 is 0.962 bits per heavy atom. The van der Waals surface area contributed by atoms with Crippen LogP contribution in [0, 0.1) is 10.1 Å². The van der Waals surface area contributed by atoms with Crippen molar-refractivity contribution in [3.8, 4) is 0 Å². The molecule has 9 heteroatoms. The quantitative estimate of drug-likeness (QED) is 0.574. The molecule has 0 amide bonds. The van der Waals surface area contributed by atoms with Crippen LogP contribution in [-0.2, 0) is 16.6 Å².